The Morgan fingerprint density at radius 3 is 2.56 bits per heavy atom. The van der Waals surface area contributed by atoms with E-state index in [1.165, 1.54) is 6.07 Å². The van der Waals surface area contributed by atoms with Gasteiger partial charge in [0.15, 0.2) is 0 Å². The van der Waals surface area contributed by atoms with E-state index in [2.05, 4.69) is 29.4 Å². The highest BCUT2D eigenvalue weighted by Crippen LogP contribution is 2.20. The Labute approximate surface area is 108 Å². The number of carbonyl (C=O) groups excluding carboxylic acids is 1. The Hall–Kier alpha value is -1.75. The van der Waals surface area contributed by atoms with Crippen LogP contribution in [0.1, 0.15) is 13.8 Å². The molecular weight excluding hydrogens is 230 g/mol. The van der Waals surface area contributed by atoms with E-state index in [1.54, 1.807) is 18.2 Å². The van der Waals surface area contributed by atoms with Crippen LogP contribution in [0.25, 0.3) is 0 Å². The Kier molecular flexibility index (Phi) is 6.00. The standard InChI is InChI=1S/C13H21N3O2/c1-3-16(4-2)10-9-14-13(18)15-11-7-5-6-8-12(11)17/h5-8,17H,3-4,9-10H2,1-2H3,(H2,14,15,18). The number of amides is 2. The van der Waals surface area contributed by atoms with Crippen molar-refractivity contribution < 1.29 is 9.90 Å². The molecule has 1 aromatic carbocycles. The third-order valence-corrected chi connectivity index (χ3v) is 2.76. The number of hydrogen-bond donors (Lipinski definition) is 3. The second-order valence-corrected chi connectivity index (χ2v) is 3.92. The summed E-state index contributed by atoms with van der Waals surface area (Å²) in [6.07, 6.45) is 0. The van der Waals surface area contributed by atoms with Crippen molar-refractivity contribution in [3.8, 4) is 5.75 Å². The minimum atomic E-state index is -0.302. The number of para-hydroxylation sites is 2. The molecule has 5 heteroatoms. The van der Waals surface area contributed by atoms with Gasteiger partial charge in [0.2, 0.25) is 0 Å². The van der Waals surface area contributed by atoms with Gasteiger partial charge in [-0.05, 0) is 25.2 Å². The number of hydrogen-bond acceptors (Lipinski definition) is 3. The largest absolute Gasteiger partial charge is 0.506 e. The van der Waals surface area contributed by atoms with Crippen molar-refractivity contribution in [1.29, 1.82) is 0 Å². The highest BCUT2D eigenvalue weighted by atomic mass is 16.3. The van der Waals surface area contributed by atoms with Crippen LogP contribution in [0.5, 0.6) is 5.75 Å². The number of benzene rings is 1. The lowest BCUT2D eigenvalue weighted by molar-refractivity contribution is 0.247. The predicted molar refractivity (Wildman–Crippen MR) is 72.9 cm³/mol. The van der Waals surface area contributed by atoms with Gasteiger partial charge < -0.3 is 20.6 Å². The van der Waals surface area contributed by atoms with Gasteiger partial charge in [0, 0.05) is 13.1 Å². The van der Waals surface area contributed by atoms with E-state index in [1.807, 2.05) is 0 Å². The van der Waals surface area contributed by atoms with E-state index in [-0.39, 0.29) is 11.8 Å². The van der Waals surface area contributed by atoms with E-state index in [4.69, 9.17) is 0 Å². The molecule has 18 heavy (non-hydrogen) atoms. The first kappa shape index (κ1) is 14.3. The number of anilines is 1. The molecule has 100 valence electrons. The summed E-state index contributed by atoms with van der Waals surface area (Å²) in [5, 5.41) is 14.9. The zero-order valence-electron chi connectivity index (χ0n) is 10.9. The van der Waals surface area contributed by atoms with Crippen LogP contribution in [0.4, 0.5) is 10.5 Å². The first-order valence-electron chi connectivity index (χ1n) is 6.22. The van der Waals surface area contributed by atoms with Crippen LogP contribution in [0.3, 0.4) is 0 Å². The molecule has 0 radical (unpaired) electrons. The Balaban J connectivity index is 2.32. The van der Waals surface area contributed by atoms with Crippen molar-refractivity contribution >= 4 is 11.7 Å². The summed E-state index contributed by atoms with van der Waals surface area (Å²) in [6, 6.07) is 6.35. The van der Waals surface area contributed by atoms with Crippen LogP contribution in [0, 0.1) is 0 Å². The topological polar surface area (TPSA) is 64.6 Å². The quantitative estimate of drug-likeness (QED) is 0.676. The lowest BCUT2D eigenvalue weighted by Crippen LogP contribution is -2.36. The SMILES string of the molecule is CCN(CC)CCNC(=O)Nc1ccccc1O. The summed E-state index contributed by atoms with van der Waals surface area (Å²) in [4.78, 5) is 13.8. The van der Waals surface area contributed by atoms with Gasteiger partial charge >= 0.3 is 6.03 Å². The number of phenolic OH excluding ortho intramolecular Hbond substituents is 1. The van der Waals surface area contributed by atoms with Gasteiger partial charge in [0.1, 0.15) is 5.75 Å². The molecule has 0 heterocycles. The molecule has 3 N–H and O–H groups in total. The normalized spacial score (nSPS) is 10.4. The summed E-state index contributed by atoms with van der Waals surface area (Å²) >= 11 is 0. The van der Waals surface area contributed by atoms with Crippen molar-refractivity contribution in [2.45, 2.75) is 13.8 Å². The second-order valence-electron chi connectivity index (χ2n) is 3.92. The van der Waals surface area contributed by atoms with E-state index < -0.39 is 0 Å². The molecule has 0 unspecified atom stereocenters. The van der Waals surface area contributed by atoms with Gasteiger partial charge in [-0.1, -0.05) is 26.0 Å². The molecule has 0 bridgehead atoms. The molecule has 0 aliphatic rings. The van der Waals surface area contributed by atoms with Gasteiger partial charge in [-0.3, -0.25) is 0 Å². The number of urea groups is 1. The predicted octanol–water partition coefficient (Wildman–Crippen LogP) is 1.86. The summed E-state index contributed by atoms with van der Waals surface area (Å²) in [5.41, 5.74) is 0.415. The molecule has 1 aromatic rings. The first-order valence-corrected chi connectivity index (χ1v) is 6.22. The molecule has 0 atom stereocenters. The minimum Gasteiger partial charge on any atom is -0.506 e. The smallest absolute Gasteiger partial charge is 0.319 e. The summed E-state index contributed by atoms with van der Waals surface area (Å²) < 4.78 is 0. The maximum absolute atomic E-state index is 11.6. The molecule has 0 spiro atoms. The fourth-order valence-electron chi connectivity index (χ4n) is 1.61. The third kappa shape index (κ3) is 4.63. The summed E-state index contributed by atoms with van der Waals surface area (Å²) in [7, 11) is 0. The van der Waals surface area contributed by atoms with Crippen LogP contribution in [0.15, 0.2) is 24.3 Å². The molecule has 5 nitrogen and oxygen atoms in total. The lowest BCUT2D eigenvalue weighted by atomic mass is 10.3. The molecule has 0 aliphatic carbocycles. The van der Waals surface area contributed by atoms with Gasteiger partial charge in [-0.25, -0.2) is 4.79 Å². The number of likely N-dealkylation sites (N-methyl/N-ethyl adjacent to an activating group) is 1. The number of aromatic hydroxyl groups is 1. The molecule has 1 rings (SSSR count). The van der Waals surface area contributed by atoms with Gasteiger partial charge in [-0.15, -0.1) is 0 Å². The molecule has 2 amide bonds. The number of nitrogens with one attached hydrogen (secondary N) is 2. The van der Waals surface area contributed by atoms with Crippen molar-refractivity contribution in [2.24, 2.45) is 0 Å². The highest BCUT2D eigenvalue weighted by Gasteiger charge is 2.05. The Morgan fingerprint density at radius 1 is 1.28 bits per heavy atom. The number of phenols is 1. The zero-order chi connectivity index (χ0) is 13.4. The maximum atomic E-state index is 11.6. The molecule has 0 fully saturated rings. The molecule has 0 aliphatic heterocycles. The highest BCUT2D eigenvalue weighted by molar-refractivity contribution is 5.90. The van der Waals surface area contributed by atoms with Crippen LogP contribution in [-0.4, -0.2) is 42.2 Å². The van der Waals surface area contributed by atoms with Crippen molar-refractivity contribution in [1.82, 2.24) is 10.2 Å². The molecule has 0 saturated carbocycles. The van der Waals surface area contributed by atoms with Gasteiger partial charge in [0.25, 0.3) is 0 Å². The second kappa shape index (κ2) is 7.55. The Morgan fingerprint density at radius 2 is 1.94 bits per heavy atom. The van der Waals surface area contributed by atoms with Crippen LogP contribution in [0.2, 0.25) is 0 Å². The number of rotatable bonds is 6. The first-order chi connectivity index (χ1) is 8.67. The summed E-state index contributed by atoms with van der Waals surface area (Å²) in [6.45, 7) is 7.53. The zero-order valence-corrected chi connectivity index (χ0v) is 10.9. The Bertz CT molecular complexity index is 378. The maximum Gasteiger partial charge on any atom is 0.319 e. The average Bonchev–Trinajstić information content (AvgIpc) is 2.37. The minimum absolute atomic E-state index is 0.0661. The van der Waals surface area contributed by atoms with Crippen LogP contribution >= 0.6 is 0 Å². The van der Waals surface area contributed by atoms with E-state index in [9.17, 15) is 9.90 Å². The molecule has 0 saturated heterocycles. The lowest BCUT2D eigenvalue weighted by Gasteiger charge is -2.18. The van der Waals surface area contributed by atoms with E-state index >= 15 is 0 Å². The van der Waals surface area contributed by atoms with Crippen LogP contribution < -0.4 is 10.6 Å². The van der Waals surface area contributed by atoms with Gasteiger partial charge in [-0.2, -0.15) is 0 Å². The van der Waals surface area contributed by atoms with Crippen molar-refractivity contribution in [2.75, 3.05) is 31.5 Å². The average molecular weight is 251 g/mol. The fraction of sp³-hybridized carbons (Fsp3) is 0.462. The fourth-order valence-corrected chi connectivity index (χ4v) is 1.61. The molecular formula is C13H21N3O2. The molecule has 0 aromatic heterocycles. The third-order valence-electron chi connectivity index (χ3n) is 2.76. The van der Waals surface area contributed by atoms with Crippen LogP contribution in [-0.2, 0) is 0 Å². The van der Waals surface area contributed by atoms with E-state index in [0.717, 1.165) is 19.6 Å². The number of carbonyl (C=O) groups is 1. The van der Waals surface area contributed by atoms with Gasteiger partial charge in [0.05, 0.1) is 5.69 Å². The van der Waals surface area contributed by atoms with Crippen molar-refractivity contribution in [3.63, 3.8) is 0 Å². The monoisotopic (exact) mass is 251 g/mol. The van der Waals surface area contributed by atoms with Crippen molar-refractivity contribution in [3.05, 3.63) is 24.3 Å². The van der Waals surface area contributed by atoms with E-state index in [0.29, 0.717) is 12.2 Å². The summed E-state index contributed by atoms with van der Waals surface area (Å²) in [5.74, 6) is 0.0661. The number of nitrogens with zero attached hydrogens (tertiary/aromatic N) is 1.